The molecule has 24 heavy (non-hydrogen) atoms. The van der Waals surface area contributed by atoms with Crippen LogP contribution in [0.25, 0.3) is 21.0 Å². The minimum Gasteiger partial charge on any atom is -0.457 e. The summed E-state index contributed by atoms with van der Waals surface area (Å²) >= 11 is 1.58. The fourth-order valence-electron chi connectivity index (χ4n) is 2.24. The number of hydrogen-bond acceptors (Lipinski definition) is 5. The van der Waals surface area contributed by atoms with Crippen LogP contribution in [0.1, 0.15) is 26.5 Å². The number of thiazole rings is 1. The maximum atomic E-state index is 12.1. The van der Waals surface area contributed by atoms with Crippen molar-refractivity contribution in [3.63, 3.8) is 0 Å². The maximum Gasteiger partial charge on any atom is 0.237 e. The molecule has 0 fully saturated rings. The molecule has 0 saturated carbocycles. The molecule has 0 aliphatic heterocycles. The minimum absolute atomic E-state index is 0.180. The largest absolute Gasteiger partial charge is 0.457 e. The Hall–Kier alpha value is -2.18. The van der Waals surface area contributed by atoms with E-state index in [-0.39, 0.29) is 11.3 Å². The molecular weight excluding hydrogens is 322 g/mol. The number of nitrogens with one attached hydrogen (secondary N) is 1. The van der Waals surface area contributed by atoms with Gasteiger partial charge in [-0.1, -0.05) is 32.9 Å². The molecule has 3 N–H and O–H groups in total. The molecule has 2 heterocycles. The van der Waals surface area contributed by atoms with Crippen molar-refractivity contribution in [3.05, 3.63) is 42.2 Å². The number of amides is 1. The van der Waals surface area contributed by atoms with Crippen molar-refractivity contribution in [1.82, 2.24) is 10.3 Å². The average molecular weight is 343 g/mol. The Morgan fingerprint density at radius 2 is 2.04 bits per heavy atom. The molecule has 2 aromatic heterocycles. The Morgan fingerprint density at radius 3 is 2.75 bits per heavy atom. The number of carbonyl (C=O) groups is 1. The van der Waals surface area contributed by atoms with Gasteiger partial charge in [0, 0.05) is 0 Å². The van der Waals surface area contributed by atoms with Crippen LogP contribution in [0, 0.1) is 5.41 Å². The lowest BCUT2D eigenvalue weighted by Crippen LogP contribution is -2.48. The highest BCUT2D eigenvalue weighted by atomic mass is 32.1. The second-order valence-corrected chi connectivity index (χ2v) is 7.84. The smallest absolute Gasteiger partial charge is 0.237 e. The number of hydrogen-bond donors (Lipinski definition) is 2. The Labute approximate surface area is 144 Å². The van der Waals surface area contributed by atoms with Crippen LogP contribution >= 0.6 is 11.3 Å². The second kappa shape index (κ2) is 6.37. The van der Waals surface area contributed by atoms with Crippen LogP contribution in [0.5, 0.6) is 0 Å². The van der Waals surface area contributed by atoms with Crippen molar-refractivity contribution in [2.24, 2.45) is 11.1 Å². The Bertz CT molecular complexity index is 827. The van der Waals surface area contributed by atoms with E-state index in [1.54, 1.807) is 11.3 Å². The molecule has 0 spiro atoms. The first-order chi connectivity index (χ1) is 11.3. The van der Waals surface area contributed by atoms with Crippen LogP contribution in [0.4, 0.5) is 0 Å². The number of para-hydroxylation sites is 1. The first-order valence-electron chi connectivity index (χ1n) is 7.82. The van der Waals surface area contributed by atoms with Gasteiger partial charge in [0.05, 0.1) is 22.8 Å². The van der Waals surface area contributed by atoms with Crippen molar-refractivity contribution in [1.29, 1.82) is 0 Å². The molecule has 0 bridgehead atoms. The van der Waals surface area contributed by atoms with Crippen LogP contribution in [0.2, 0.25) is 0 Å². The number of nitrogens with two attached hydrogens (primary N) is 1. The monoisotopic (exact) mass is 343 g/mol. The molecule has 0 aliphatic carbocycles. The van der Waals surface area contributed by atoms with Crippen LogP contribution < -0.4 is 11.1 Å². The van der Waals surface area contributed by atoms with Gasteiger partial charge < -0.3 is 15.5 Å². The number of rotatable bonds is 4. The van der Waals surface area contributed by atoms with E-state index in [2.05, 4.69) is 10.3 Å². The number of carbonyl (C=O) groups excluding carboxylic acids is 1. The van der Waals surface area contributed by atoms with Crippen molar-refractivity contribution >= 4 is 27.5 Å². The van der Waals surface area contributed by atoms with Gasteiger partial charge in [-0.25, -0.2) is 4.98 Å². The summed E-state index contributed by atoms with van der Waals surface area (Å²) in [5.74, 6) is 1.21. The second-order valence-electron chi connectivity index (χ2n) is 6.81. The van der Waals surface area contributed by atoms with Gasteiger partial charge in [-0.3, -0.25) is 4.79 Å². The van der Waals surface area contributed by atoms with Gasteiger partial charge >= 0.3 is 0 Å². The summed E-state index contributed by atoms with van der Waals surface area (Å²) < 4.78 is 6.93. The van der Waals surface area contributed by atoms with Crippen molar-refractivity contribution < 1.29 is 9.21 Å². The molecule has 1 aromatic carbocycles. The van der Waals surface area contributed by atoms with Crippen LogP contribution in [-0.4, -0.2) is 16.9 Å². The van der Waals surface area contributed by atoms with Crippen LogP contribution in [0.3, 0.4) is 0 Å². The molecule has 1 amide bonds. The predicted octanol–water partition coefficient (Wildman–Crippen LogP) is 3.55. The number of benzene rings is 1. The molecule has 1 atom stereocenters. The summed E-state index contributed by atoms with van der Waals surface area (Å²) in [7, 11) is 0. The number of aromatic nitrogens is 1. The van der Waals surface area contributed by atoms with Gasteiger partial charge in [-0.15, -0.1) is 11.3 Å². The van der Waals surface area contributed by atoms with E-state index < -0.39 is 6.04 Å². The van der Waals surface area contributed by atoms with E-state index in [1.165, 1.54) is 0 Å². The topological polar surface area (TPSA) is 81.2 Å². The van der Waals surface area contributed by atoms with Crippen molar-refractivity contribution in [2.75, 3.05) is 0 Å². The first-order valence-corrected chi connectivity index (χ1v) is 8.64. The van der Waals surface area contributed by atoms with Crippen molar-refractivity contribution in [2.45, 2.75) is 33.4 Å². The summed E-state index contributed by atoms with van der Waals surface area (Å²) in [6.07, 6.45) is 0. The standard InChI is InChI=1S/C18H21N3O2S/c1-18(2,3)15(19)16(22)20-10-11-8-9-13(23-11)17-21-12-6-4-5-7-14(12)24-17/h4-9,15H,10,19H2,1-3H3,(H,20,22)/t15-/m1/s1. The molecule has 6 heteroatoms. The number of nitrogens with zero attached hydrogens (tertiary/aromatic N) is 1. The molecule has 5 nitrogen and oxygen atoms in total. The number of furan rings is 1. The molecular formula is C18H21N3O2S. The third-order valence-corrected chi connectivity index (χ3v) is 4.87. The van der Waals surface area contributed by atoms with E-state index in [1.807, 2.05) is 57.2 Å². The van der Waals surface area contributed by atoms with Crippen LogP contribution in [0.15, 0.2) is 40.8 Å². The zero-order valence-corrected chi connectivity index (χ0v) is 14.8. The quantitative estimate of drug-likeness (QED) is 0.759. The van der Waals surface area contributed by atoms with Crippen molar-refractivity contribution in [3.8, 4) is 10.8 Å². The molecule has 126 valence electrons. The highest BCUT2D eigenvalue weighted by Gasteiger charge is 2.27. The fourth-order valence-corrected chi connectivity index (χ4v) is 3.17. The lowest BCUT2D eigenvalue weighted by atomic mass is 9.87. The van der Waals surface area contributed by atoms with E-state index in [9.17, 15) is 4.79 Å². The summed E-state index contributed by atoms with van der Waals surface area (Å²) in [6.45, 7) is 6.13. The highest BCUT2D eigenvalue weighted by Crippen LogP contribution is 2.31. The van der Waals surface area contributed by atoms with Gasteiger partial charge in [-0.05, 0) is 29.7 Å². The van der Waals surface area contributed by atoms with Gasteiger partial charge in [0.2, 0.25) is 5.91 Å². The molecule has 3 rings (SSSR count). The van der Waals surface area contributed by atoms with Gasteiger partial charge in [0.15, 0.2) is 10.8 Å². The third kappa shape index (κ3) is 3.49. The molecule has 0 unspecified atom stereocenters. The van der Waals surface area contributed by atoms with Crippen LogP contribution in [-0.2, 0) is 11.3 Å². The first kappa shape index (κ1) is 16.7. The molecule has 0 saturated heterocycles. The molecule has 0 aliphatic rings. The van der Waals surface area contributed by atoms with E-state index in [4.69, 9.17) is 10.2 Å². The van der Waals surface area contributed by atoms with Gasteiger partial charge in [0.1, 0.15) is 5.76 Å². The Morgan fingerprint density at radius 1 is 1.29 bits per heavy atom. The SMILES string of the molecule is CC(C)(C)[C@H](N)C(=O)NCc1ccc(-c2nc3ccccc3s2)o1. The summed E-state index contributed by atoms with van der Waals surface area (Å²) in [5.41, 5.74) is 6.63. The van der Waals surface area contributed by atoms with Gasteiger partial charge in [-0.2, -0.15) is 0 Å². The normalized spacial score (nSPS) is 13.2. The average Bonchev–Trinajstić information content (AvgIpc) is 3.17. The zero-order valence-electron chi connectivity index (χ0n) is 14.0. The fraction of sp³-hybridized carbons (Fsp3) is 0.333. The molecule has 3 aromatic rings. The zero-order chi connectivity index (χ0) is 17.3. The van der Waals surface area contributed by atoms with Gasteiger partial charge in [0.25, 0.3) is 0 Å². The summed E-state index contributed by atoms with van der Waals surface area (Å²) in [4.78, 5) is 16.6. The lowest BCUT2D eigenvalue weighted by molar-refractivity contribution is -0.124. The molecule has 0 radical (unpaired) electrons. The van der Waals surface area contributed by atoms with E-state index >= 15 is 0 Å². The Kier molecular flexibility index (Phi) is 4.43. The maximum absolute atomic E-state index is 12.1. The van der Waals surface area contributed by atoms with E-state index in [0.717, 1.165) is 15.2 Å². The summed E-state index contributed by atoms with van der Waals surface area (Å²) in [6, 6.07) is 11.1. The van der Waals surface area contributed by atoms with E-state index in [0.29, 0.717) is 18.1 Å². The minimum atomic E-state index is -0.559. The predicted molar refractivity (Wildman–Crippen MR) is 96.6 cm³/mol. The Balaban J connectivity index is 1.68. The third-order valence-electron chi connectivity index (χ3n) is 3.82. The number of fused-ring (bicyclic) bond motifs is 1. The highest BCUT2D eigenvalue weighted by molar-refractivity contribution is 7.21. The lowest BCUT2D eigenvalue weighted by Gasteiger charge is -2.25. The summed E-state index contributed by atoms with van der Waals surface area (Å²) in [5, 5.41) is 3.66.